The average molecular weight is 273 g/mol. The predicted octanol–water partition coefficient (Wildman–Crippen LogP) is 2.22. The van der Waals surface area contributed by atoms with E-state index in [4.69, 9.17) is 10.00 Å². The normalized spacial score (nSPS) is 11.8. The summed E-state index contributed by atoms with van der Waals surface area (Å²) in [5.41, 5.74) is 1.38. The molecule has 0 saturated carbocycles. The van der Waals surface area contributed by atoms with E-state index in [0.29, 0.717) is 0 Å². The first kappa shape index (κ1) is 13.2. The first-order chi connectivity index (χ1) is 9.19. The van der Waals surface area contributed by atoms with E-state index in [1.165, 1.54) is 6.33 Å². The summed E-state index contributed by atoms with van der Waals surface area (Å²) in [6.07, 6.45) is 1.52. The summed E-state index contributed by atoms with van der Waals surface area (Å²) >= 11 is 4.25. The van der Waals surface area contributed by atoms with Gasteiger partial charge in [0.05, 0.1) is 17.6 Å². The Labute approximate surface area is 115 Å². The Morgan fingerprint density at radius 2 is 2.26 bits per heavy atom. The van der Waals surface area contributed by atoms with E-state index in [0.717, 1.165) is 11.0 Å². The monoisotopic (exact) mass is 273 g/mol. The third-order valence-electron chi connectivity index (χ3n) is 2.50. The maximum absolute atomic E-state index is 11.7. The van der Waals surface area contributed by atoms with Crippen LogP contribution in [0.25, 0.3) is 16.1 Å². The molecule has 0 bridgehead atoms. The second-order valence-electron chi connectivity index (χ2n) is 3.63. The highest BCUT2D eigenvalue weighted by molar-refractivity contribution is 7.90. The standard InChI is InChI=1S/C13H11N3O2S/c1-2-18-13(17)9(7-14)12(19)16-8-15-10-5-3-4-6-11(10)16/h3-6,8,19H,2H2,1H3. The summed E-state index contributed by atoms with van der Waals surface area (Å²) in [5, 5.41) is 9.28. The number of hydrogen-bond acceptors (Lipinski definition) is 5. The minimum Gasteiger partial charge on any atom is -0.462 e. The van der Waals surface area contributed by atoms with Crippen molar-refractivity contribution in [1.82, 2.24) is 9.55 Å². The first-order valence-corrected chi connectivity index (χ1v) is 6.06. The Bertz CT molecular complexity index is 697. The Morgan fingerprint density at radius 1 is 1.53 bits per heavy atom. The Balaban J connectivity index is 2.56. The van der Waals surface area contributed by atoms with Gasteiger partial charge in [0.2, 0.25) is 0 Å². The fourth-order valence-corrected chi connectivity index (χ4v) is 1.94. The van der Waals surface area contributed by atoms with Crippen LogP contribution in [-0.2, 0) is 9.53 Å². The molecule has 0 unspecified atom stereocenters. The van der Waals surface area contributed by atoms with Crippen LogP contribution in [0.4, 0.5) is 0 Å². The number of carbonyl (C=O) groups is 1. The second kappa shape index (κ2) is 5.59. The molecule has 1 aromatic heterocycles. The van der Waals surface area contributed by atoms with Crippen LogP contribution in [0.3, 0.4) is 0 Å². The first-order valence-electron chi connectivity index (χ1n) is 5.62. The quantitative estimate of drug-likeness (QED) is 0.403. The van der Waals surface area contributed by atoms with E-state index in [2.05, 4.69) is 17.6 Å². The SMILES string of the molecule is CCOC(=O)C(C#N)=C(S)n1cnc2ccccc21. The number of rotatable bonds is 3. The van der Waals surface area contributed by atoms with Crippen molar-refractivity contribution in [2.24, 2.45) is 0 Å². The van der Waals surface area contributed by atoms with Gasteiger partial charge in [-0.15, -0.1) is 12.6 Å². The van der Waals surface area contributed by atoms with Crippen LogP contribution in [0.2, 0.25) is 0 Å². The highest BCUT2D eigenvalue weighted by atomic mass is 32.1. The number of benzene rings is 1. The summed E-state index contributed by atoms with van der Waals surface area (Å²) in [5.74, 6) is -0.687. The predicted molar refractivity (Wildman–Crippen MR) is 74.2 cm³/mol. The Morgan fingerprint density at radius 3 is 2.95 bits per heavy atom. The molecule has 0 saturated heterocycles. The van der Waals surface area contributed by atoms with Gasteiger partial charge in [-0.2, -0.15) is 5.26 Å². The van der Waals surface area contributed by atoms with E-state index < -0.39 is 5.97 Å². The molecule has 96 valence electrons. The van der Waals surface area contributed by atoms with Crippen LogP contribution in [0.15, 0.2) is 36.2 Å². The van der Waals surface area contributed by atoms with Gasteiger partial charge >= 0.3 is 5.97 Å². The number of fused-ring (bicyclic) bond motifs is 1. The second-order valence-corrected chi connectivity index (χ2v) is 4.06. The molecule has 6 heteroatoms. The van der Waals surface area contributed by atoms with Gasteiger partial charge in [0.15, 0.2) is 5.57 Å². The van der Waals surface area contributed by atoms with Crippen LogP contribution in [0.5, 0.6) is 0 Å². The smallest absolute Gasteiger partial charge is 0.351 e. The zero-order chi connectivity index (χ0) is 13.8. The molecule has 1 heterocycles. The molecule has 0 aliphatic carbocycles. The number of nitriles is 1. The molecule has 0 amide bonds. The molecule has 0 spiro atoms. The number of nitrogens with zero attached hydrogens (tertiary/aromatic N) is 3. The molecule has 0 aliphatic heterocycles. The molecule has 1 aromatic carbocycles. The van der Waals surface area contributed by atoms with Crippen molar-refractivity contribution in [3.63, 3.8) is 0 Å². The summed E-state index contributed by atoms with van der Waals surface area (Å²) in [6.45, 7) is 1.88. The average Bonchev–Trinajstić information content (AvgIpc) is 2.83. The zero-order valence-electron chi connectivity index (χ0n) is 10.2. The van der Waals surface area contributed by atoms with Crippen LogP contribution >= 0.6 is 12.6 Å². The van der Waals surface area contributed by atoms with E-state index in [1.807, 2.05) is 30.3 Å². The van der Waals surface area contributed by atoms with Gasteiger partial charge in [-0.1, -0.05) is 12.1 Å². The molecular weight excluding hydrogens is 262 g/mol. The lowest BCUT2D eigenvalue weighted by molar-refractivity contribution is -0.137. The number of imidazole rings is 1. The lowest BCUT2D eigenvalue weighted by Crippen LogP contribution is -2.09. The van der Waals surface area contributed by atoms with Crippen molar-refractivity contribution in [3.8, 4) is 6.07 Å². The molecule has 0 N–H and O–H groups in total. The number of aromatic nitrogens is 2. The van der Waals surface area contributed by atoms with Crippen LogP contribution in [-0.4, -0.2) is 22.1 Å². The zero-order valence-corrected chi connectivity index (χ0v) is 11.1. The van der Waals surface area contributed by atoms with E-state index in [-0.39, 0.29) is 17.2 Å². The van der Waals surface area contributed by atoms with Gasteiger partial charge in [-0.25, -0.2) is 9.78 Å². The van der Waals surface area contributed by atoms with Gasteiger partial charge in [0.25, 0.3) is 0 Å². The molecule has 0 fully saturated rings. The molecular formula is C13H11N3O2S. The van der Waals surface area contributed by atoms with Gasteiger partial charge in [-0.05, 0) is 19.1 Å². The highest BCUT2D eigenvalue weighted by Gasteiger charge is 2.17. The van der Waals surface area contributed by atoms with E-state index in [9.17, 15) is 4.79 Å². The molecule has 5 nitrogen and oxygen atoms in total. The summed E-state index contributed by atoms with van der Waals surface area (Å²) in [6, 6.07) is 9.19. The highest BCUT2D eigenvalue weighted by Crippen LogP contribution is 2.22. The van der Waals surface area contributed by atoms with Crippen LogP contribution in [0.1, 0.15) is 6.92 Å². The largest absolute Gasteiger partial charge is 0.462 e. The van der Waals surface area contributed by atoms with Crippen molar-refractivity contribution in [2.45, 2.75) is 6.92 Å². The molecule has 2 aromatic rings. The number of thiol groups is 1. The van der Waals surface area contributed by atoms with Gasteiger partial charge in [0.1, 0.15) is 17.4 Å². The van der Waals surface area contributed by atoms with E-state index >= 15 is 0 Å². The molecule has 0 aliphatic rings. The van der Waals surface area contributed by atoms with Gasteiger partial charge < -0.3 is 4.74 Å². The lowest BCUT2D eigenvalue weighted by Gasteiger charge is -2.06. The third-order valence-corrected chi connectivity index (χ3v) is 2.94. The topological polar surface area (TPSA) is 67.9 Å². The van der Waals surface area contributed by atoms with Crippen molar-refractivity contribution in [3.05, 3.63) is 36.2 Å². The number of hydrogen-bond donors (Lipinski definition) is 1. The van der Waals surface area contributed by atoms with E-state index in [1.54, 1.807) is 11.5 Å². The number of esters is 1. The van der Waals surface area contributed by atoms with Crippen LogP contribution in [0, 0.1) is 11.3 Å². The number of para-hydroxylation sites is 2. The van der Waals surface area contributed by atoms with Crippen molar-refractivity contribution in [2.75, 3.05) is 6.61 Å². The fraction of sp³-hybridized carbons (Fsp3) is 0.154. The molecule has 0 radical (unpaired) electrons. The maximum Gasteiger partial charge on any atom is 0.351 e. The molecule has 19 heavy (non-hydrogen) atoms. The third kappa shape index (κ3) is 2.46. The minimum atomic E-state index is -0.687. The van der Waals surface area contributed by atoms with Crippen molar-refractivity contribution >= 4 is 34.7 Å². The minimum absolute atomic E-state index is 0.145. The van der Waals surface area contributed by atoms with Crippen LogP contribution < -0.4 is 0 Å². The number of ether oxygens (including phenoxy) is 1. The molecule has 2 rings (SSSR count). The maximum atomic E-state index is 11.7. The van der Waals surface area contributed by atoms with Gasteiger partial charge in [-0.3, -0.25) is 4.57 Å². The van der Waals surface area contributed by atoms with Gasteiger partial charge in [0, 0.05) is 0 Å². The summed E-state index contributed by atoms with van der Waals surface area (Å²) in [7, 11) is 0. The summed E-state index contributed by atoms with van der Waals surface area (Å²) < 4.78 is 6.40. The van der Waals surface area contributed by atoms with Crippen molar-refractivity contribution in [1.29, 1.82) is 5.26 Å². The Kier molecular flexibility index (Phi) is 3.88. The summed E-state index contributed by atoms with van der Waals surface area (Å²) in [4.78, 5) is 15.8. The lowest BCUT2D eigenvalue weighted by atomic mass is 10.3. The van der Waals surface area contributed by atoms with Crippen molar-refractivity contribution < 1.29 is 9.53 Å². The fourth-order valence-electron chi connectivity index (χ4n) is 1.64. The number of carbonyl (C=O) groups excluding carboxylic acids is 1. The Hall–Kier alpha value is -2.26. The molecule has 0 atom stereocenters.